The van der Waals surface area contributed by atoms with E-state index in [0.717, 1.165) is 51.6 Å². The fourth-order valence-corrected chi connectivity index (χ4v) is 6.79. The predicted molar refractivity (Wildman–Crippen MR) is 185 cm³/mol. The average molecular weight is 678 g/mol. The lowest BCUT2D eigenvalue weighted by atomic mass is 9.90. The average Bonchev–Trinajstić information content (AvgIpc) is 3.35. The fraction of sp³-hybridized carbons (Fsp3) is 0.514. The van der Waals surface area contributed by atoms with Gasteiger partial charge in [-0.15, -0.1) is 0 Å². The van der Waals surface area contributed by atoms with Crippen molar-refractivity contribution in [3.05, 3.63) is 59.6 Å². The number of hydrogen-bond donors (Lipinski definition) is 3. The van der Waals surface area contributed by atoms with E-state index in [1.807, 2.05) is 7.05 Å². The van der Waals surface area contributed by atoms with Crippen LogP contribution in [0.2, 0.25) is 0 Å². The summed E-state index contributed by atoms with van der Waals surface area (Å²) in [4.78, 5) is 57.4. The van der Waals surface area contributed by atoms with E-state index in [9.17, 15) is 19.2 Å². The lowest BCUT2D eigenvalue weighted by Gasteiger charge is -2.36. The number of furan rings is 1. The molecule has 0 radical (unpaired) electrons. The van der Waals surface area contributed by atoms with Crippen LogP contribution in [0.3, 0.4) is 0 Å². The van der Waals surface area contributed by atoms with E-state index in [4.69, 9.17) is 9.15 Å². The molecule has 0 spiro atoms. The van der Waals surface area contributed by atoms with Crippen molar-refractivity contribution in [1.82, 2.24) is 20.4 Å². The van der Waals surface area contributed by atoms with Crippen LogP contribution in [0.25, 0.3) is 11.0 Å². The Morgan fingerprint density at radius 1 is 0.980 bits per heavy atom. The number of piperazine rings is 1. The van der Waals surface area contributed by atoms with Crippen molar-refractivity contribution in [1.29, 1.82) is 0 Å². The maximum Gasteiger partial charge on any atom is 0.255 e. The van der Waals surface area contributed by atoms with Crippen LogP contribution in [0.4, 0.5) is 10.1 Å². The van der Waals surface area contributed by atoms with Gasteiger partial charge in [0, 0.05) is 50.0 Å². The van der Waals surface area contributed by atoms with Crippen LogP contribution in [0.1, 0.15) is 80.6 Å². The van der Waals surface area contributed by atoms with Crippen LogP contribution in [0, 0.1) is 11.7 Å². The van der Waals surface area contributed by atoms with Crippen LogP contribution in [0.15, 0.2) is 47.1 Å². The zero-order valence-corrected chi connectivity index (χ0v) is 28.9. The molecule has 1 saturated heterocycles. The number of fused-ring (bicyclic) bond motifs is 1. The summed E-state index contributed by atoms with van der Waals surface area (Å²) in [6.45, 7) is 6.05. The van der Waals surface area contributed by atoms with Crippen molar-refractivity contribution >= 4 is 40.3 Å². The first-order chi connectivity index (χ1) is 23.6. The summed E-state index contributed by atoms with van der Waals surface area (Å²) >= 11 is 0. The molecule has 12 heteroatoms. The number of nitrogens with zero attached hydrogens (tertiary/aromatic N) is 2. The van der Waals surface area contributed by atoms with E-state index in [0.29, 0.717) is 40.9 Å². The minimum absolute atomic E-state index is 0.0331. The molecule has 3 unspecified atom stereocenters. The number of carbonyl (C=O) groups is 4. The van der Waals surface area contributed by atoms with Crippen LogP contribution >= 0.6 is 0 Å². The Morgan fingerprint density at radius 2 is 1.69 bits per heavy atom. The largest absolute Gasteiger partial charge is 0.497 e. The van der Waals surface area contributed by atoms with E-state index in [-0.39, 0.29) is 29.8 Å². The summed E-state index contributed by atoms with van der Waals surface area (Å²) in [7, 11) is 3.54. The smallest absolute Gasteiger partial charge is 0.255 e. The molecule has 2 fully saturated rings. The van der Waals surface area contributed by atoms with Gasteiger partial charge in [-0.05, 0) is 55.6 Å². The van der Waals surface area contributed by atoms with Gasteiger partial charge in [0.25, 0.3) is 5.91 Å². The third-order valence-electron chi connectivity index (χ3n) is 9.96. The molecule has 3 N–H and O–H groups in total. The maximum absolute atomic E-state index is 15.7. The van der Waals surface area contributed by atoms with Crippen LogP contribution in [-0.4, -0.2) is 85.8 Å². The number of carbonyl (C=O) groups excluding carboxylic acids is 4. The lowest BCUT2D eigenvalue weighted by molar-refractivity contribution is -0.138. The molecule has 0 bridgehead atoms. The SMILES string of the molecule is CCC(=O)NC(C(=O)N1CCN(C)CC1)C(C)c1ccc(NC(=O)C(NC(=O)c2coc3cc(OC)ccc23)C2CCCCCC2)c(F)c1. The minimum atomic E-state index is -0.901. The van der Waals surface area contributed by atoms with E-state index < -0.39 is 35.6 Å². The second-order valence-electron chi connectivity index (χ2n) is 13.3. The highest BCUT2D eigenvalue weighted by molar-refractivity contribution is 6.08. The molecule has 2 heterocycles. The highest BCUT2D eigenvalue weighted by atomic mass is 19.1. The summed E-state index contributed by atoms with van der Waals surface area (Å²) in [5, 5.41) is 9.11. The topological polar surface area (TPSA) is 133 Å². The first kappa shape index (κ1) is 35.8. The number of ether oxygens (including phenoxy) is 1. The van der Waals surface area contributed by atoms with Crippen molar-refractivity contribution in [3.8, 4) is 5.75 Å². The molecule has 1 saturated carbocycles. The number of hydrogen-bond acceptors (Lipinski definition) is 7. The first-order valence-corrected chi connectivity index (χ1v) is 17.3. The van der Waals surface area contributed by atoms with Gasteiger partial charge in [0.2, 0.25) is 17.7 Å². The van der Waals surface area contributed by atoms with E-state index in [2.05, 4.69) is 20.9 Å². The number of amides is 4. The maximum atomic E-state index is 15.7. The standard InChI is InChI=1S/C37H48FN5O6/c1-5-32(44)40-33(37(47)43-18-16-42(3)17-19-43)23(2)25-12-15-30(29(38)20-25)39-36(46)34(24-10-8-6-7-9-11-24)41-35(45)28-22-49-31-21-26(48-4)13-14-27(28)31/h12-15,20-24,33-34H,5-11,16-19H2,1-4H3,(H,39,46)(H,40,44)(H,41,45). The van der Waals surface area contributed by atoms with Crippen molar-refractivity contribution in [2.24, 2.45) is 5.92 Å². The van der Waals surface area contributed by atoms with Gasteiger partial charge in [-0.25, -0.2) is 4.39 Å². The molecule has 1 aliphatic carbocycles. The number of halogens is 1. The number of rotatable bonds is 11. The van der Waals surface area contributed by atoms with Gasteiger partial charge in [0.05, 0.1) is 18.4 Å². The third-order valence-corrected chi connectivity index (χ3v) is 9.96. The molecule has 3 atom stereocenters. The van der Waals surface area contributed by atoms with Crippen LogP contribution < -0.4 is 20.7 Å². The number of methoxy groups -OCH3 is 1. The van der Waals surface area contributed by atoms with Crippen LogP contribution in [-0.2, 0) is 14.4 Å². The molecule has 49 heavy (non-hydrogen) atoms. The van der Waals surface area contributed by atoms with Crippen molar-refractivity contribution < 1.29 is 32.7 Å². The van der Waals surface area contributed by atoms with Gasteiger partial charge in [-0.3, -0.25) is 19.2 Å². The van der Waals surface area contributed by atoms with Gasteiger partial charge >= 0.3 is 0 Å². The molecule has 2 aromatic carbocycles. The van der Waals surface area contributed by atoms with Gasteiger partial charge in [-0.1, -0.05) is 45.6 Å². The van der Waals surface area contributed by atoms with Gasteiger partial charge < -0.3 is 34.9 Å². The van der Waals surface area contributed by atoms with E-state index in [1.54, 1.807) is 50.1 Å². The molecule has 1 aromatic heterocycles. The quantitative estimate of drug-likeness (QED) is 0.242. The Bertz CT molecular complexity index is 1640. The van der Waals surface area contributed by atoms with E-state index in [1.165, 1.54) is 18.4 Å². The Labute approximate surface area is 286 Å². The molecule has 4 amide bonds. The summed E-state index contributed by atoms with van der Waals surface area (Å²) in [5.74, 6) is -2.18. The summed E-state index contributed by atoms with van der Waals surface area (Å²) in [5.41, 5.74) is 1.26. The predicted octanol–water partition coefficient (Wildman–Crippen LogP) is 5.06. The molecular formula is C37H48FN5O6. The molecule has 2 aliphatic rings. The van der Waals surface area contributed by atoms with Gasteiger partial charge in [-0.2, -0.15) is 0 Å². The Kier molecular flexibility index (Phi) is 11.9. The molecular weight excluding hydrogens is 629 g/mol. The van der Waals surface area contributed by atoms with Crippen molar-refractivity contribution in [3.63, 3.8) is 0 Å². The lowest BCUT2D eigenvalue weighted by Crippen LogP contribution is -2.55. The third kappa shape index (κ3) is 8.59. The molecule has 3 aromatic rings. The zero-order chi connectivity index (χ0) is 35.1. The fourth-order valence-electron chi connectivity index (χ4n) is 6.79. The highest BCUT2D eigenvalue weighted by Crippen LogP contribution is 2.30. The monoisotopic (exact) mass is 677 g/mol. The Balaban J connectivity index is 1.34. The summed E-state index contributed by atoms with van der Waals surface area (Å²) in [6, 6.07) is 7.83. The number of anilines is 1. The van der Waals surface area contributed by atoms with Gasteiger partial charge in [0.1, 0.15) is 35.5 Å². The molecule has 5 rings (SSSR count). The second-order valence-corrected chi connectivity index (χ2v) is 13.3. The highest BCUT2D eigenvalue weighted by Gasteiger charge is 2.34. The second kappa shape index (κ2) is 16.3. The number of nitrogens with one attached hydrogen (secondary N) is 3. The van der Waals surface area contributed by atoms with Crippen LogP contribution in [0.5, 0.6) is 5.75 Å². The Morgan fingerprint density at radius 3 is 2.35 bits per heavy atom. The molecule has 1 aliphatic heterocycles. The van der Waals surface area contributed by atoms with Gasteiger partial charge in [0.15, 0.2) is 0 Å². The summed E-state index contributed by atoms with van der Waals surface area (Å²) in [6.07, 6.45) is 7.06. The normalized spacial score (nSPS) is 17.9. The first-order valence-electron chi connectivity index (χ1n) is 17.3. The Hall–Kier alpha value is -4.45. The zero-order valence-electron chi connectivity index (χ0n) is 28.9. The minimum Gasteiger partial charge on any atom is -0.497 e. The molecule has 11 nitrogen and oxygen atoms in total. The number of benzene rings is 2. The van der Waals surface area contributed by atoms with E-state index >= 15 is 4.39 Å². The molecule has 264 valence electrons. The van der Waals surface area contributed by atoms with Crippen molar-refractivity contribution in [2.45, 2.75) is 76.8 Å². The number of likely N-dealkylation sites (N-methyl/N-ethyl adjacent to an activating group) is 1. The van der Waals surface area contributed by atoms with Crippen molar-refractivity contribution in [2.75, 3.05) is 45.7 Å². The summed E-state index contributed by atoms with van der Waals surface area (Å²) < 4.78 is 26.6.